The minimum absolute atomic E-state index is 0.748. The van der Waals surface area contributed by atoms with Gasteiger partial charge in [-0.25, -0.2) is 4.52 Å². The third-order valence-electron chi connectivity index (χ3n) is 4.51. The van der Waals surface area contributed by atoms with Crippen LogP contribution < -0.4 is 11.1 Å². The number of nitrogens with zero attached hydrogens (tertiary/aromatic N) is 3. The lowest BCUT2D eigenvalue weighted by molar-refractivity contribution is 0.126. The van der Waals surface area contributed by atoms with Gasteiger partial charge in [0.05, 0.1) is 18.7 Å². The lowest BCUT2D eigenvalue weighted by Gasteiger charge is -2.16. The maximum Gasteiger partial charge on any atom is 0.172 e. The molecule has 3 N–H and O–H groups in total. The summed E-state index contributed by atoms with van der Waals surface area (Å²) in [6, 6.07) is 4.29. The predicted octanol–water partition coefficient (Wildman–Crippen LogP) is 2.20. The van der Waals surface area contributed by atoms with Gasteiger partial charge >= 0.3 is 0 Å². The fraction of sp³-hybridized carbons (Fsp3) is 0.588. The van der Waals surface area contributed by atoms with Crippen LogP contribution in [0.25, 0.3) is 5.52 Å². The minimum Gasteiger partial charge on any atom is -0.394 e. The molecule has 0 saturated carbocycles. The van der Waals surface area contributed by atoms with Gasteiger partial charge in [0.2, 0.25) is 0 Å². The molecular weight excluding hydrogens is 417 g/mol. The zero-order valence-electron chi connectivity index (χ0n) is 14.2. The number of fused-ring (bicyclic) bond motifs is 3. The van der Waals surface area contributed by atoms with E-state index in [9.17, 15) is 0 Å². The Balaban J connectivity index is 1.55. The van der Waals surface area contributed by atoms with Crippen molar-refractivity contribution in [3.05, 3.63) is 23.4 Å². The van der Waals surface area contributed by atoms with Crippen molar-refractivity contribution >= 4 is 39.6 Å². The molecule has 0 atom stereocenters. The van der Waals surface area contributed by atoms with Crippen LogP contribution in [0.2, 0.25) is 0 Å². The molecule has 132 valence electrons. The van der Waals surface area contributed by atoms with Crippen LogP contribution in [-0.4, -0.2) is 58.8 Å². The number of ether oxygens (including phenoxy) is 1. The van der Waals surface area contributed by atoms with Crippen LogP contribution >= 0.6 is 22.6 Å². The number of likely N-dealkylation sites (N-methyl/N-ethyl adjacent to an activating group) is 1. The van der Waals surface area contributed by atoms with Gasteiger partial charge in [-0.3, -0.25) is 0 Å². The third-order valence-corrected chi connectivity index (χ3v) is 4.95. The molecule has 0 bridgehead atoms. The number of rotatable bonds is 9. The number of nitrogens with two attached hydrogens (primary N) is 1. The largest absolute Gasteiger partial charge is 0.394 e. The first-order valence-corrected chi connectivity index (χ1v) is 10.1. The van der Waals surface area contributed by atoms with Crippen LogP contribution in [0.15, 0.2) is 12.1 Å². The Kier molecular flexibility index (Phi) is 6.18. The molecule has 0 aromatic carbocycles. The molecule has 1 aliphatic rings. The first kappa shape index (κ1) is 17.8. The zero-order valence-corrected chi connectivity index (χ0v) is 16.4. The summed E-state index contributed by atoms with van der Waals surface area (Å²) in [7, 11) is 2.11. The van der Waals surface area contributed by atoms with E-state index in [1.54, 1.807) is 0 Å². The van der Waals surface area contributed by atoms with Crippen molar-refractivity contribution in [3.8, 4) is 0 Å². The van der Waals surface area contributed by atoms with Crippen LogP contribution in [0.4, 0.5) is 11.5 Å². The molecular formula is C17H26IN5O. The molecule has 0 amide bonds. The summed E-state index contributed by atoms with van der Waals surface area (Å²) < 4.78 is 8.59. The summed E-state index contributed by atoms with van der Waals surface area (Å²) in [6.07, 6.45) is 3.45. The number of alkyl halides is 1. The van der Waals surface area contributed by atoms with E-state index in [4.69, 9.17) is 15.6 Å². The van der Waals surface area contributed by atoms with Gasteiger partial charge in [-0.2, -0.15) is 0 Å². The summed E-state index contributed by atoms with van der Waals surface area (Å²) in [5.41, 5.74) is 10.8. The Labute approximate surface area is 156 Å². The second-order valence-electron chi connectivity index (χ2n) is 6.25. The van der Waals surface area contributed by atoms with Gasteiger partial charge in [0.25, 0.3) is 0 Å². The first-order chi connectivity index (χ1) is 11.7. The molecule has 6 nitrogen and oxygen atoms in total. The lowest BCUT2D eigenvalue weighted by Crippen LogP contribution is -2.28. The third kappa shape index (κ3) is 3.94. The number of nitrogens with one attached hydrogen (secondary N) is 1. The Bertz CT molecular complexity index is 687. The number of aryl methyl sites for hydroxylation is 2. The molecule has 0 aliphatic heterocycles. The standard InChI is InChI=1S/C17H26IN5O/c1-22(10-12-24-11-7-18)9-8-20-17-16(19)15-6-5-13-3-2-4-14(13)23(15)21-17/h5-6H,2-4,7-12,19H2,1H3,(H,20,21). The highest BCUT2D eigenvalue weighted by molar-refractivity contribution is 14.1. The highest BCUT2D eigenvalue weighted by Gasteiger charge is 2.18. The Morgan fingerprint density at radius 2 is 2.21 bits per heavy atom. The lowest BCUT2D eigenvalue weighted by atomic mass is 10.2. The van der Waals surface area contributed by atoms with Crippen molar-refractivity contribution in [2.75, 3.05) is 55.4 Å². The van der Waals surface area contributed by atoms with Gasteiger partial charge in [-0.05, 0) is 37.9 Å². The van der Waals surface area contributed by atoms with Gasteiger partial charge in [0.15, 0.2) is 5.82 Å². The summed E-state index contributed by atoms with van der Waals surface area (Å²) in [6.45, 7) is 4.29. The molecule has 2 aromatic rings. The number of nitrogen functional groups attached to an aromatic ring is 1. The van der Waals surface area contributed by atoms with Gasteiger partial charge in [0, 0.05) is 29.8 Å². The summed E-state index contributed by atoms with van der Waals surface area (Å²) >= 11 is 2.32. The van der Waals surface area contributed by atoms with Gasteiger partial charge in [0.1, 0.15) is 5.69 Å². The SMILES string of the molecule is CN(CCNc1nn2c3c(ccc2c1N)CCC3)CCOCCI. The van der Waals surface area contributed by atoms with Crippen molar-refractivity contribution < 1.29 is 4.74 Å². The van der Waals surface area contributed by atoms with Gasteiger partial charge in [-0.15, -0.1) is 5.10 Å². The van der Waals surface area contributed by atoms with E-state index in [0.29, 0.717) is 0 Å². The fourth-order valence-corrected chi connectivity index (χ4v) is 3.46. The molecule has 2 heterocycles. The topological polar surface area (TPSA) is 67.8 Å². The molecule has 0 spiro atoms. The van der Waals surface area contributed by atoms with Crippen molar-refractivity contribution in [2.24, 2.45) is 0 Å². The van der Waals surface area contributed by atoms with Crippen LogP contribution in [0, 0.1) is 0 Å². The van der Waals surface area contributed by atoms with Crippen molar-refractivity contribution in [2.45, 2.75) is 19.3 Å². The van der Waals surface area contributed by atoms with E-state index in [1.165, 1.54) is 17.7 Å². The smallest absolute Gasteiger partial charge is 0.172 e. The number of pyridine rings is 1. The van der Waals surface area contributed by atoms with Gasteiger partial charge in [-0.1, -0.05) is 28.7 Å². The molecule has 1 aliphatic carbocycles. The Morgan fingerprint density at radius 3 is 3.04 bits per heavy atom. The quantitative estimate of drug-likeness (QED) is 0.354. The number of hydrogen-bond donors (Lipinski definition) is 2. The Hall–Kier alpha value is -1.06. The van der Waals surface area contributed by atoms with Crippen molar-refractivity contribution in [1.82, 2.24) is 14.5 Å². The highest BCUT2D eigenvalue weighted by atomic mass is 127. The molecule has 0 saturated heterocycles. The highest BCUT2D eigenvalue weighted by Crippen LogP contribution is 2.29. The number of hydrogen-bond acceptors (Lipinski definition) is 5. The normalized spacial score (nSPS) is 13.8. The summed E-state index contributed by atoms with van der Waals surface area (Å²) in [5, 5.41) is 8.09. The van der Waals surface area contributed by atoms with E-state index in [-0.39, 0.29) is 0 Å². The van der Waals surface area contributed by atoms with E-state index in [0.717, 1.165) is 67.1 Å². The van der Waals surface area contributed by atoms with Crippen molar-refractivity contribution in [1.29, 1.82) is 0 Å². The van der Waals surface area contributed by atoms with Crippen LogP contribution in [0.5, 0.6) is 0 Å². The molecule has 3 rings (SSSR count). The van der Waals surface area contributed by atoms with Crippen molar-refractivity contribution in [3.63, 3.8) is 0 Å². The fourth-order valence-electron chi connectivity index (χ4n) is 3.15. The molecule has 0 fully saturated rings. The van der Waals surface area contributed by atoms with Crippen LogP contribution in [0.1, 0.15) is 17.7 Å². The average Bonchev–Trinajstić information content (AvgIpc) is 3.17. The molecule has 2 aromatic heterocycles. The van der Waals surface area contributed by atoms with Crippen LogP contribution in [0.3, 0.4) is 0 Å². The van der Waals surface area contributed by atoms with Crippen LogP contribution in [-0.2, 0) is 17.6 Å². The second-order valence-corrected chi connectivity index (χ2v) is 7.33. The first-order valence-electron chi connectivity index (χ1n) is 8.56. The monoisotopic (exact) mass is 443 g/mol. The summed E-state index contributed by atoms with van der Waals surface area (Å²) in [5.74, 6) is 0.796. The van der Waals surface area contributed by atoms with E-state index < -0.39 is 0 Å². The molecule has 24 heavy (non-hydrogen) atoms. The zero-order chi connectivity index (χ0) is 16.9. The summed E-state index contributed by atoms with van der Waals surface area (Å²) in [4.78, 5) is 2.25. The molecule has 0 radical (unpaired) electrons. The van der Waals surface area contributed by atoms with E-state index >= 15 is 0 Å². The van der Waals surface area contributed by atoms with E-state index in [2.05, 4.69) is 52.0 Å². The number of anilines is 2. The minimum atomic E-state index is 0.748. The van der Waals surface area contributed by atoms with Gasteiger partial charge < -0.3 is 20.7 Å². The maximum absolute atomic E-state index is 6.28. The number of halogens is 1. The molecule has 7 heteroatoms. The maximum atomic E-state index is 6.28. The number of aromatic nitrogens is 2. The Morgan fingerprint density at radius 1 is 1.33 bits per heavy atom. The van der Waals surface area contributed by atoms with E-state index in [1.807, 2.05) is 4.52 Å². The predicted molar refractivity (Wildman–Crippen MR) is 107 cm³/mol. The molecule has 0 unspecified atom stereocenters. The second kappa shape index (κ2) is 8.35. The average molecular weight is 443 g/mol.